The first-order valence-electron chi connectivity index (χ1n) is 6.82. The van der Waals surface area contributed by atoms with Crippen molar-refractivity contribution in [2.24, 2.45) is 5.92 Å². The van der Waals surface area contributed by atoms with Crippen LogP contribution in [0.4, 0.5) is 0 Å². The summed E-state index contributed by atoms with van der Waals surface area (Å²) in [4.78, 5) is 5.14. The van der Waals surface area contributed by atoms with Crippen molar-refractivity contribution < 1.29 is 0 Å². The molecule has 0 spiro atoms. The number of hydrogen-bond acceptors (Lipinski definition) is 3. The van der Waals surface area contributed by atoms with Crippen LogP contribution in [0, 0.1) is 19.8 Å². The summed E-state index contributed by atoms with van der Waals surface area (Å²) in [5, 5.41) is 3.72. The van der Waals surface area contributed by atoms with Gasteiger partial charge in [0, 0.05) is 28.9 Å². The second-order valence-corrected chi connectivity index (χ2v) is 7.37. The van der Waals surface area contributed by atoms with Gasteiger partial charge in [-0.05, 0) is 51.9 Å². The van der Waals surface area contributed by atoms with Crippen LogP contribution < -0.4 is 5.32 Å². The lowest BCUT2D eigenvalue weighted by Gasteiger charge is -2.24. The van der Waals surface area contributed by atoms with E-state index in [0.717, 1.165) is 19.0 Å². The molecule has 0 aromatic carbocycles. The Hall–Kier alpha value is -0.380. The Kier molecular flexibility index (Phi) is 6.33. The zero-order valence-electron chi connectivity index (χ0n) is 12.7. The number of thiophene rings is 1. The Morgan fingerprint density at radius 3 is 2.39 bits per heavy atom. The second-order valence-electron chi connectivity index (χ2n) is 5.91. The van der Waals surface area contributed by atoms with E-state index in [-0.39, 0.29) is 0 Å². The van der Waals surface area contributed by atoms with E-state index in [0.29, 0.717) is 6.04 Å². The molecule has 0 aliphatic heterocycles. The average molecular weight is 268 g/mol. The summed E-state index contributed by atoms with van der Waals surface area (Å²) >= 11 is 1.90. The Morgan fingerprint density at radius 1 is 1.28 bits per heavy atom. The smallest absolute Gasteiger partial charge is 0.0219 e. The van der Waals surface area contributed by atoms with Crippen LogP contribution in [-0.2, 0) is 6.54 Å². The van der Waals surface area contributed by atoms with Crippen LogP contribution in [-0.4, -0.2) is 31.6 Å². The van der Waals surface area contributed by atoms with E-state index < -0.39 is 0 Å². The van der Waals surface area contributed by atoms with Gasteiger partial charge >= 0.3 is 0 Å². The van der Waals surface area contributed by atoms with Crippen LogP contribution in [0.25, 0.3) is 0 Å². The zero-order valence-corrected chi connectivity index (χ0v) is 13.5. The first-order valence-corrected chi connectivity index (χ1v) is 7.64. The highest BCUT2D eigenvalue weighted by atomic mass is 32.1. The molecule has 1 unspecified atom stereocenters. The summed E-state index contributed by atoms with van der Waals surface area (Å²) in [5.74, 6) is 0.743. The predicted molar refractivity (Wildman–Crippen MR) is 82.4 cm³/mol. The van der Waals surface area contributed by atoms with Crippen LogP contribution >= 0.6 is 11.3 Å². The van der Waals surface area contributed by atoms with Crippen molar-refractivity contribution in [2.45, 2.75) is 46.7 Å². The molecule has 0 radical (unpaired) electrons. The molecule has 0 aliphatic carbocycles. The van der Waals surface area contributed by atoms with Gasteiger partial charge in [0.1, 0.15) is 0 Å². The number of nitrogens with one attached hydrogen (secondary N) is 1. The molecule has 3 heteroatoms. The summed E-state index contributed by atoms with van der Waals surface area (Å²) < 4.78 is 0. The minimum atomic E-state index is 0.583. The fourth-order valence-corrected chi connectivity index (χ4v) is 3.29. The number of hydrogen-bond donors (Lipinski definition) is 1. The van der Waals surface area contributed by atoms with E-state index in [1.165, 1.54) is 21.7 Å². The topological polar surface area (TPSA) is 15.3 Å². The SMILES string of the molecule is Cc1cc(CNC(CC(C)C)CN(C)C)c(C)s1. The number of aryl methyl sites for hydroxylation is 2. The van der Waals surface area contributed by atoms with Gasteiger partial charge in [0.25, 0.3) is 0 Å². The Bertz CT molecular complexity index is 345. The third-order valence-electron chi connectivity index (χ3n) is 3.07. The molecule has 1 aromatic heterocycles. The average Bonchev–Trinajstić information content (AvgIpc) is 2.52. The van der Waals surface area contributed by atoms with E-state index >= 15 is 0 Å². The highest BCUT2D eigenvalue weighted by Gasteiger charge is 2.12. The molecule has 0 saturated carbocycles. The fourth-order valence-electron chi connectivity index (χ4n) is 2.35. The van der Waals surface area contributed by atoms with Gasteiger partial charge in [0.15, 0.2) is 0 Å². The maximum Gasteiger partial charge on any atom is 0.0219 e. The first kappa shape index (κ1) is 15.7. The van der Waals surface area contributed by atoms with Gasteiger partial charge < -0.3 is 10.2 Å². The van der Waals surface area contributed by atoms with Crippen molar-refractivity contribution >= 4 is 11.3 Å². The molecule has 0 amide bonds. The van der Waals surface area contributed by atoms with E-state index in [1.54, 1.807) is 0 Å². The molecule has 1 N–H and O–H groups in total. The van der Waals surface area contributed by atoms with Gasteiger partial charge in [0.2, 0.25) is 0 Å². The maximum atomic E-state index is 3.72. The van der Waals surface area contributed by atoms with Crippen LogP contribution in [0.5, 0.6) is 0 Å². The van der Waals surface area contributed by atoms with Crippen LogP contribution in [0.1, 0.15) is 35.6 Å². The van der Waals surface area contributed by atoms with Crippen molar-refractivity contribution in [3.63, 3.8) is 0 Å². The molecule has 18 heavy (non-hydrogen) atoms. The molecule has 0 saturated heterocycles. The lowest BCUT2D eigenvalue weighted by molar-refractivity contribution is 0.305. The molecule has 0 aliphatic rings. The van der Waals surface area contributed by atoms with Crippen molar-refractivity contribution in [1.29, 1.82) is 0 Å². The number of likely N-dealkylation sites (N-methyl/N-ethyl adjacent to an activating group) is 1. The first-order chi connectivity index (χ1) is 8.38. The summed E-state index contributed by atoms with van der Waals surface area (Å²) in [7, 11) is 4.30. The van der Waals surface area contributed by atoms with E-state index in [4.69, 9.17) is 0 Å². The molecular formula is C15H28N2S. The van der Waals surface area contributed by atoms with Gasteiger partial charge in [-0.3, -0.25) is 0 Å². The van der Waals surface area contributed by atoms with Gasteiger partial charge in [-0.2, -0.15) is 0 Å². The maximum absolute atomic E-state index is 3.72. The molecule has 104 valence electrons. The third kappa shape index (κ3) is 5.51. The normalized spacial score (nSPS) is 13.6. The van der Waals surface area contributed by atoms with Crippen LogP contribution in [0.15, 0.2) is 6.07 Å². The summed E-state index contributed by atoms with van der Waals surface area (Å²) in [6.07, 6.45) is 1.24. The molecule has 0 bridgehead atoms. The number of nitrogens with zero attached hydrogens (tertiary/aromatic N) is 1. The highest BCUT2D eigenvalue weighted by molar-refractivity contribution is 7.12. The Balaban J connectivity index is 2.52. The molecule has 2 nitrogen and oxygen atoms in total. The van der Waals surface area contributed by atoms with E-state index in [1.807, 2.05) is 11.3 Å². The van der Waals surface area contributed by atoms with Crippen molar-refractivity contribution in [2.75, 3.05) is 20.6 Å². The molecular weight excluding hydrogens is 240 g/mol. The van der Waals surface area contributed by atoms with Gasteiger partial charge in [-0.15, -0.1) is 11.3 Å². The standard InChI is InChI=1S/C15H28N2S/c1-11(2)7-15(10-17(5)6)16-9-14-8-12(3)18-13(14)4/h8,11,15-16H,7,9-10H2,1-6H3. The second kappa shape index (κ2) is 7.27. The van der Waals surface area contributed by atoms with Gasteiger partial charge in [-0.1, -0.05) is 13.8 Å². The van der Waals surface area contributed by atoms with Crippen LogP contribution in [0.3, 0.4) is 0 Å². The molecule has 1 rings (SSSR count). The monoisotopic (exact) mass is 268 g/mol. The quantitative estimate of drug-likeness (QED) is 0.815. The van der Waals surface area contributed by atoms with E-state index in [9.17, 15) is 0 Å². The zero-order chi connectivity index (χ0) is 13.7. The minimum Gasteiger partial charge on any atom is -0.309 e. The van der Waals surface area contributed by atoms with Crippen molar-refractivity contribution in [3.8, 4) is 0 Å². The summed E-state index contributed by atoms with van der Waals surface area (Å²) in [6.45, 7) is 11.1. The van der Waals surface area contributed by atoms with Crippen molar-refractivity contribution in [1.82, 2.24) is 10.2 Å². The highest BCUT2D eigenvalue weighted by Crippen LogP contribution is 2.20. The molecule has 1 aromatic rings. The third-order valence-corrected chi connectivity index (χ3v) is 4.07. The Labute approximate surface area is 116 Å². The summed E-state index contributed by atoms with van der Waals surface area (Å²) in [6, 6.07) is 2.90. The van der Waals surface area contributed by atoms with Crippen LogP contribution in [0.2, 0.25) is 0 Å². The lowest BCUT2D eigenvalue weighted by atomic mass is 10.0. The van der Waals surface area contributed by atoms with Gasteiger partial charge in [-0.25, -0.2) is 0 Å². The predicted octanol–water partition coefficient (Wildman–Crippen LogP) is 3.43. The molecule has 1 atom stereocenters. The number of rotatable bonds is 7. The molecule has 0 fully saturated rings. The minimum absolute atomic E-state index is 0.583. The largest absolute Gasteiger partial charge is 0.309 e. The van der Waals surface area contributed by atoms with E-state index in [2.05, 4.69) is 58.1 Å². The Morgan fingerprint density at radius 2 is 1.94 bits per heavy atom. The molecule has 1 heterocycles. The van der Waals surface area contributed by atoms with Crippen molar-refractivity contribution in [3.05, 3.63) is 21.4 Å². The summed E-state index contributed by atoms with van der Waals surface area (Å²) in [5.41, 5.74) is 1.46. The van der Waals surface area contributed by atoms with Gasteiger partial charge in [0.05, 0.1) is 0 Å². The fraction of sp³-hybridized carbons (Fsp3) is 0.733. The lowest BCUT2D eigenvalue weighted by Crippen LogP contribution is -2.38.